The summed E-state index contributed by atoms with van der Waals surface area (Å²) in [7, 11) is 0. The third-order valence-corrected chi connectivity index (χ3v) is 1.96. The fourth-order valence-electron chi connectivity index (χ4n) is 1.39. The molecular weight excluding hydrogens is 171 g/mol. The van der Waals surface area contributed by atoms with Gasteiger partial charge in [-0.1, -0.05) is 0 Å². The normalized spacial score (nSPS) is 27.5. The maximum absolute atomic E-state index is 11.9. The Morgan fingerprint density at radius 2 is 2.00 bits per heavy atom. The van der Waals surface area contributed by atoms with Crippen molar-refractivity contribution in [1.29, 1.82) is 0 Å². The second-order valence-electron chi connectivity index (χ2n) is 3.06. The van der Waals surface area contributed by atoms with Crippen LogP contribution in [0.15, 0.2) is 0 Å². The summed E-state index contributed by atoms with van der Waals surface area (Å²) in [5, 5.41) is 9.16. The van der Waals surface area contributed by atoms with Crippen molar-refractivity contribution in [2.24, 2.45) is 0 Å². The zero-order chi connectivity index (χ0) is 9.19. The number of hydrogen-bond acceptors (Lipinski definition) is 2. The van der Waals surface area contributed by atoms with Crippen molar-refractivity contribution < 1.29 is 18.3 Å². The number of likely N-dealkylation sites (tertiary alicyclic amines) is 1. The van der Waals surface area contributed by atoms with Gasteiger partial charge in [0.2, 0.25) is 0 Å². The van der Waals surface area contributed by atoms with Gasteiger partial charge >= 0.3 is 6.18 Å². The summed E-state index contributed by atoms with van der Waals surface area (Å²) in [6.45, 7) is -0.644. The summed E-state index contributed by atoms with van der Waals surface area (Å²) >= 11 is 0. The molecule has 1 N–H and O–H groups in total. The molecule has 1 heterocycles. The molecule has 0 saturated carbocycles. The first-order chi connectivity index (χ1) is 5.49. The Labute approximate surface area is 69.0 Å². The fourth-order valence-corrected chi connectivity index (χ4v) is 1.39. The molecule has 0 aromatic rings. The number of aliphatic hydroxyl groups is 1. The van der Waals surface area contributed by atoms with E-state index in [1.807, 2.05) is 0 Å². The first-order valence-corrected chi connectivity index (χ1v) is 3.98. The van der Waals surface area contributed by atoms with Gasteiger partial charge in [0.05, 0.1) is 6.54 Å². The molecule has 72 valence electrons. The molecule has 0 bridgehead atoms. The standard InChI is InChI=1S/C7H12F3NO/c8-7(9,10)5-11-4-2-1-3-6(11)12/h6,12H,1-5H2. The summed E-state index contributed by atoms with van der Waals surface area (Å²) in [5.74, 6) is 0. The first-order valence-electron chi connectivity index (χ1n) is 3.98. The molecule has 1 saturated heterocycles. The quantitative estimate of drug-likeness (QED) is 0.663. The van der Waals surface area contributed by atoms with E-state index < -0.39 is 18.9 Å². The number of alkyl halides is 3. The molecule has 1 atom stereocenters. The van der Waals surface area contributed by atoms with Crippen molar-refractivity contribution in [1.82, 2.24) is 4.90 Å². The predicted octanol–water partition coefficient (Wildman–Crippen LogP) is 1.35. The fraction of sp³-hybridized carbons (Fsp3) is 1.00. The Hall–Kier alpha value is -0.290. The predicted molar refractivity (Wildman–Crippen MR) is 37.5 cm³/mol. The van der Waals surface area contributed by atoms with Gasteiger partial charge in [0, 0.05) is 6.54 Å². The van der Waals surface area contributed by atoms with E-state index in [1.165, 1.54) is 0 Å². The minimum Gasteiger partial charge on any atom is -0.378 e. The highest BCUT2D eigenvalue weighted by Crippen LogP contribution is 2.21. The lowest BCUT2D eigenvalue weighted by Crippen LogP contribution is -2.44. The van der Waals surface area contributed by atoms with Crippen LogP contribution in [0.25, 0.3) is 0 Å². The average molecular weight is 183 g/mol. The number of aliphatic hydroxyl groups excluding tert-OH is 1. The van der Waals surface area contributed by atoms with E-state index in [9.17, 15) is 13.2 Å². The molecule has 0 aromatic carbocycles. The van der Waals surface area contributed by atoms with E-state index in [4.69, 9.17) is 5.11 Å². The number of hydrogen-bond donors (Lipinski definition) is 1. The lowest BCUT2D eigenvalue weighted by Gasteiger charge is -2.32. The van der Waals surface area contributed by atoms with Gasteiger partial charge in [-0.05, 0) is 19.3 Å². The van der Waals surface area contributed by atoms with Crippen molar-refractivity contribution in [3.8, 4) is 0 Å². The van der Waals surface area contributed by atoms with Crippen LogP contribution in [0.1, 0.15) is 19.3 Å². The van der Waals surface area contributed by atoms with Crippen molar-refractivity contribution in [3.63, 3.8) is 0 Å². The molecule has 0 spiro atoms. The van der Waals surface area contributed by atoms with Crippen LogP contribution in [0.5, 0.6) is 0 Å². The Morgan fingerprint density at radius 3 is 2.50 bits per heavy atom. The Bertz CT molecular complexity index is 148. The molecule has 1 aliphatic rings. The van der Waals surface area contributed by atoms with E-state index in [0.717, 1.165) is 17.7 Å². The van der Waals surface area contributed by atoms with Gasteiger partial charge in [-0.25, -0.2) is 0 Å². The van der Waals surface area contributed by atoms with E-state index >= 15 is 0 Å². The van der Waals surface area contributed by atoms with Gasteiger partial charge < -0.3 is 5.11 Å². The maximum Gasteiger partial charge on any atom is 0.401 e. The summed E-state index contributed by atoms with van der Waals surface area (Å²) in [6, 6.07) is 0. The Morgan fingerprint density at radius 1 is 1.33 bits per heavy atom. The Balaban J connectivity index is 2.39. The van der Waals surface area contributed by atoms with E-state index in [0.29, 0.717) is 13.0 Å². The largest absolute Gasteiger partial charge is 0.401 e. The van der Waals surface area contributed by atoms with Crippen LogP contribution >= 0.6 is 0 Å². The summed E-state index contributed by atoms with van der Waals surface area (Å²) in [6.07, 6.45) is -3.09. The molecule has 2 nitrogen and oxygen atoms in total. The van der Waals surface area contributed by atoms with Crippen LogP contribution in [0.4, 0.5) is 13.2 Å². The zero-order valence-corrected chi connectivity index (χ0v) is 6.64. The minimum atomic E-state index is -4.20. The maximum atomic E-state index is 11.9. The van der Waals surface area contributed by atoms with Gasteiger partial charge in [0.15, 0.2) is 0 Å². The number of rotatable bonds is 1. The van der Waals surface area contributed by atoms with Gasteiger partial charge in [0.1, 0.15) is 6.23 Å². The number of halogens is 3. The smallest absolute Gasteiger partial charge is 0.378 e. The van der Waals surface area contributed by atoms with Gasteiger partial charge in [-0.15, -0.1) is 0 Å². The van der Waals surface area contributed by atoms with Crippen molar-refractivity contribution in [2.75, 3.05) is 13.1 Å². The monoisotopic (exact) mass is 183 g/mol. The topological polar surface area (TPSA) is 23.5 Å². The lowest BCUT2D eigenvalue weighted by atomic mass is 10.1. The zero-order valence-electron chi connectivity index (χ0n) is 6.64. The highest BCUT2D eigenvalue weighted by atomic mass is 19.4. The van der Waals surface area contributed by atoms with Crippen LogP contribution in [0, 0.1) is 0 Å². The third-order valence-electron chi connectivity index (χ3n) is 1.96. The second-order valence-corrected chi connectivity index (χ2v) is 3.06. The highest BCUT2D eigenvalue weighted by molar-refractivity contribution is 4.71. The molecule has 0 amide bonds. The molecule has 1 unspecified atom stereocenters. The average Bonchev–Trinajstić information content (AvgIpc) is 1.91. The Kier molecular flexibility index (Phi) is 2.95. The van der Waals surface area contributed by atoms with Gasteiger partial charge in [0.25, 0.3) is 0 Å². The van der Waals surface area contributed by atoms with Crippen molar-refractivity contribution in [2.45, 2.75) is 31.7 Å². The molecular formula is C7H12F3NO. The molecule has 1 aliphatic heterocycles. The highest BCUT2D eigenvalue weighted by Gasteiger charge is 2.34. The van der Waals surface area contributed by atoms with Gasteiger partial charge in [-0.2, -0.15) is 13.2 Å². The molecule has 0 aliphatic carbocycles. The van der Waals surface area contributed by atoms with E-state index in [1.54, 1.807) is 0 Å². The van der Waals surface area contributed by atoms with Crippen LogP contribution in [0.3, 0.4) is 0 Å². The molecule has 0 radical (unpaired) electrons. The minimum absolute atomic E-state index is 0.348. The van der Waals surface area contributed by atoms with Crippen LogP contribution in [-0.2, 0) is 0 Å². The summed E-state index contributed by atoms with van der Waals surface area (Å²) in [4.78, 5) is 1.07. The number of nitrogens with zero attached hydrogens (tertiary/aromatic N) is 1. The second kappa shape index (κ2) is 3.62. The molecule has 1 rings (SSSR count). The molecule has 5 heteroatoms. The number of piperidine rings is 1. The first kappa shape index (κ1) is 9.80. The van der Waals surface area contributed by atoms with Crippen molar-refractivity contribution in [3.05, 3.63) is 0 Å². The van der Waals surface area contributed by atoms with Gasteiger partial charge in [-0.3, -0.25) is 4.90 Å². The molecule has 0 aromatic heterocycles. The van der Waals surface area contributed by atoms with E-state index in [-0.39, 0.29) is 0 Å². The third kappa shape index (κ3) is 2.98. The van der Waals surface area contributed by atoms with Crippen LogP contribution < -0.4 is 0 Å². The lowest BCUT2D eigenvalue weighted by molar-refractivity contribution is -0.171. The molecule has 12 heavy (non-hydrogen) atoms. The summed E-state index contributed by atoms with van der Waals surface area (Å²) in [5.41, 5.74) is 0. The SMILES string of the molecule is OC1CCCCN1CC(F)(F)F. The summed E-state index contributed by atoms with van der Waals surface area (Å²) < 4.78 is 35.6. The van der Waals surface area contributed by atoms with Crippen LogP contribution in [0.2, 0.25) is 0 Å². The van der Waals surface area contributed by atoms with E-state index in [2.05, 4.69) is 0 Å². The van der Waals surface area contributed by atoms with Crippen molar-refractivity contribution >= 4 is 0 Å². The molecule has 1 fully saturated rings. The van der Waals surface area contributed by atoms with Crippen LogP contribution in [-0.4, -0.2) is 35.5 Å².